The van der Waals surface area contributed by atoms with Crippen LogP contribution in [0.2, 0.25) is 0 Å². The van der Waals surface area contributed by atoms with E-state index in [1.807, 2.05) is 51.1 Å². The first kappa shape index (κ1) is 16.5. The maximum Gasteiger partial charge on any atom is 0.156 e. The van der Waals surface area contributed by atoms with E-state index < -0.39 is 5.54 Å². The molecule has 122 valence electrons. The summed E-state index contributed by atoms with van der Waals surface area (Å²) in [6, 6.07) is 16.4. The van der Waals surface area contributed by atoms with Crippen LogP contribution in [0.4, 0.5) is 0 Å². The highest BCUT2D eigenvalue weighted by Crippen LogP contribution is 2.30. The number of ketones is 1. The minimum atomic E-state index is -0.685. The highest BCUT2D eigenvalue weighted by molar-refractivity contribution is 7.21. The van der Waals surface area contributed by atoms with E-state index >= 15 is 0 Å². The Balaban J connectivity index is 1.90. The summed E-state index contributed by atoms with van der Waals surface area (Å²) < 4.78 is 1.19. The topological polar surface area (TPSA) is 42.3 Å². The number of para-hydroxylation sites is 1. The van der Waals surface area contributed by atoms with Gasteiger partial charge in [-0.25, -0.2) is 4.98 Å². The van der Waals surface area contributed by atoms with Gasteiger partial charge in [0.2, 0.25) is 0 Å². The number of carbonyl (C=O) groups excluding carboxylic acids is 1. The van der Waals surface area contributed by atoms with Gasteiger partial charge in [-0.05, 0) is 45.4 Å². The van der Waals surface area contributed by atoms with Crippen molar-refractivity contribution >= 4 is 33.0 Å². The number of carbonyl (C=O) groups is 1. The number of hydrogen-bond acceptors (Lipinski definition) is 4. The smallest absolute Gasteiger partial charge is 0.156 e. The van der Waals surface area contributed by atoms with Crippen molar-refractivity contribution in [3.63, 3.8) is 0 Å². The average molecular weight is 336 g/mol. The molecule has 0 spiro atoms. The molecule has 4 heteroatoms. The molecule has 24 heavy (non-hydrogen) atoms. The monoisotopic (exact) mass is 336 g/mol. The van der Waals surface area contributed by atoms with Crippen molar-refractivity contribution in [1.29, 1.82) is 0 Å². The second kappa shape index (κ2) is 6.29. The number of hydrogen-bond donors (Lipinski definition) is 0. The van der Waals surface area contributed by atoms with Crippen LogP contribution in [0.25, 0.3) is 20.8 Å². The van der Waals surface area contributed by atoms with E-state index in [0.29, 0.717) is 0 Å². The Kier molecular flexibility index (Phi) is 4.33. The number of benzene rings is 2. The minimum absolute atomic E-state index is 0.0629. The van der Waals surface area contributed by atoms with Gasteiger partial charge >= 0.3 is 0 Å². The molecule has 0 aliphatic heterocycles. The van der Waals surface area contributed by atoms with Crippen molar-refractivity contribution in [3.05, 3.63) is 54.1 Å². The molecule has 3 nitrogen and oxygen atoms in total. The second-order valence-electron chi connectivity index (χ2n) is 6.38. The van der Waals surface area contributed by atoms with Gasteiger partial charge in [0.1, 0.15) is 10.5 Å². The van der Waals surface area contributed by atoms with Crippen molar-refractivity contribution in [2.75, 3.05) is 0 Å². The Bertz CT molecular complexity index is 887. The van der Waals surface area contributed by atoms with Crippen LogP contribution in [-0.2, 0) is 4.79 Å². The molecular formula is C20H20N2OS. The van der Waals surface area contributed by atoms with Gasteiger partial charge in [0.25, 0.3) is 0 Å². The molecule has 0 aliphatic rings. The van der Waals surface area contributed by atoms with E-state index in [1.165, 1.54) is 4.70 Å². The summed E-state index contributed by atoms with van der Waals surface area (Å²) in [4.78, 5) is 20.9. The molecule has 0 radical (unpaired) electrons. The van der Waals surface area contributed by atoms with Gasteiger partial charge in [-0.15, -0.1) is 11.3 Å². The highest BCUT2D eigenvalue weighted by atomic mass is 32.1. The molecule has 0 amide bonds. The fraction of sp³-hybridized carbons (Fsp3) is 0.250. The van der Waals surface area contributed by atoms with E-state index in [4.69, 9.17) is 0 Å². The first-order chi connectivity index (χ1) is 11.4. The molecule has 0 aliphatic carbocycles. The zero-order valence-electron chi connectivity index (χ0n) is 14.3. The summed E-state index contributed by atoms with van der Waals surface area (Å²) in [7, 11) is 0. The summed E-state index contributed by atoms with van der Waals surface area (Å²) in [6.07, 6.45) is 0. The van der Waals surface area contributed by atoms with E-state index in [2.05, 4.69) is 28.2 Å². The van der Waals surface area contributed by atoms with Crippen molar-refractivity contribution < 1.29 is 4.79 Å². The number of Topliss-reactive ketones (excluding diaryl/α,β-unsaturated/α-hetero) is 1. The first-order valence-electron chi connectivity index (χ1n) is 7.91. The lowest BCUT2D eigenvalue weighted by Gasteiger charge is -2.17. The van der Waals surface area contributed by atoms with Crippen molar-refractivity contribution in [2.24, 2.45) is 4.99 Å². The fourth-order valence-corrected chi connectivity index (χ4v) is 3.38. The Labute approximate surface area is 146 Å². The zero-order valence-corrected chi connectivity index (χ0v) is 15.1. The molecule has 3 rings (SSSR count). The molecule has 0 unspecified atom stereocenters. The summed E-state index contributed by atoms with van der Waals surface area (Å²) in [5.74, 6) is 0.0629. The Hall–Kier alpha value is -2.33. The maximum atomic E-state index is 11.6. The minimum Gasteiger partial charge on any atom is -0.297 e. The third-order valence-corrected chi connectivity index (χ3v) is 5.24. The van der Waals surface area contributed by atoms with Crippen LogP contribution in [0.1, 0.15) is 33.3 Å². The lowest BCUT2D eigenvalue weighted by molar-refractivity contribution is -0.120. The van der Waals surface area contributed by atoms with Crippen LogP contribution in [0.15, 0.2) is 53.5 Å². The van der Waals surface area contributed by atoms with E-state index in [0.717, 1.165) is 27.4 Å². The van der Waals surface area contributed by atoms with Crippen LogP contribution in [-0.4, -0.2) is 22.0 Å². The van der Waals surface area contributed by atoms with Gasteiger partial charge in [0.15, 0.2) is 5.78 Å². The van der Waals surface area contributed by atoms with E-state index in [9.17, 15) is 4.79 Å². The van der Waals surface area contributed by atoms with Crippen LogP contribution in [0.3, 0.4) is 0 Å². The standard InChI is InChI=1S/C20H20N2OS/c1-13(22-20(3,4)14(2)23)15-9-11-16(12-10-15)19-21-17-7-5-6-8-18(17)24-19/h5-12H,1-4H3. The molecule has 1 aromatic heterocycles. The van der Waals surface area contributed by atoms with Gasteiger partial charge in [-0.1, -0.05) is 36.4 Å². The summed E-state index contributed by atoms with van der Waals surface area (Å²) >= 11 is 1.69. The quantitative estimate of drug-likeness (QED) is 0.619. The van der Waals surface area contributed by atoms with Crippen molar-refractivity contribution in [1.82, 2.24) is 4.98 Å². The highest BCUT2D eigenvalue weighted by Gasteiger charge is 2.22. The summed E-state index contributed by atoms with van der Waals surface area (Å²) in [6.45, 7) is 7.20. The lowest BCUT2D eigenvalue weighted by atomic mass is 10.0. The molecule has 0 bridgehead atoms. The number of aliphatic imine (C=N–C) groups is 1. The molecule has 0 N–H and O–H groups in total. The second-order valence-corrected chi connectivity index (χ2v) is 7.41. The number of nitrogens with zero attached hydrogens (tertiary/aromatic N) is 2. The van der Waals surface area contributed by atoms with Crippen LogP contribution in [0.5, 0.6) is 0 Å². The van der Waals surface area contributed by atoms with Gasteiger partial charge in [0.05, 0.1) is 10.2 Å². The largest absolute Gasteiger partial charge is 0.297 e. The zero-order chi connectivity index (χ0) is 17.3. The van der Waals surface area contributed by atoms with E-state index in [-0.39, 0.29) is 5.78 Å². The average Bonchev–Trinajstić information content (AvgIpc) is 2.98. The van der Waals surface area contributed by atoms with Crippen LogP contribution in [0, 0.1) is 0 Å². The molecule has 0 saturated heterocycles. The van der Waals surface area contributed by atoms with Crippen molar-refractivity contribution in [2.45, 2.75) is 33.2 Å². The number of thiazole rings is 1. The molecule has 0 saturated carbocycles. The SMILES string of the molecule is CC(=O)C(C)(C)N=C(C)c1ccc(-c2nc3ccccc3s2)cc1. The lowest BCUT2D eigenvalue weighted by Crippen LogP contribution is -2.28. The summed E-state index contributed by atoms with van der Waals surface area (Å²) in [5.41, 5.74) is 3.33. The predicted molar refractivity (Wildman–Crippen MR) is 102 cm³/mol. The van der Waals surface area contributed by atoms with Crippen LogP contribution < -0.4 is 0 Å². The molecule has 0 fully saturated rings. The number of rotatable bonds is 4. The van der Waals surface area contributed by atoms with Gasteiger partial charge in [-0.3, -0.25) is 9.79 Å². The van der Waals surface area contributed by atoms with Crippen LogP contribution >= 0.6 is 11.3 Å². The number of aromatic nitrogens is 1. The first-order valence-corrected chi connectivity index (χ1v) is 8.72. The Morgan fingerprint density at radius 2 is 1.71 bits per heavy atom. The molecule has 1 heterocycles. The maximum absolute atomic E-state index is 11.6. The number of fused-ring (bicyclic) bond motifs is 1. The van der Waals surface area contributed by atoms with Gasteiger partial charge in [-0.2, -0.15) is 0 Å². The molecular weight excluding hydrogens is 316 g/mol. The molecule has 0 atom stereocenters. The molecule has 2 aromatic carbocycles. The Morgan fingerprint density at radius 1 is 1.04 bits per heavy atom. The van der Waals surface area contributed by atoms with Gasteiger partial charge in [0, 0.05) is 11.3 Å². The Morgan fingerprint density at radius 3 is 2.33 bits per heavy atom. The van der Waals surface area contributed by atoms with Gasteiger partial charge < -0.3 is 0 Å². The third-order valence-electron chi connectivity index (χ3n) is 4.15. The molecule has 3 aromatic rings. The van der Waals surface area contributed by atoms with E-state index in [1.54, 1.807) is 18.3 Å². The predicted octanol–water partition coefficient (Wildman–Crippen LogP) is 5.14. The van der Waals surface area contributed by atoms with Crippen molar-refractivity contribution in [3.8, 4) is 10.6 Å². The normalized spacial score (nSPS) is 12.6. The third kappa shape index (κ3) is 3.29. The summed E-state index contributed by atoms with van der Waals surface area (Å²) in [5, 5.41) is 1.02. The fourth-order valence-electron chi connectivity index (χ4n) is 2.41.